The molecule has 0 aliphatic carbocycles. The molecule has 2 heteroatoms. The van der Waals surface area contributed by atoms with Gasteiger partial charge in [0, 0.05) is 18.0 Å². The Bertz CT molecular complexity index is 624. The van der Waals surface area contributed by atoms with E-state index >= 15 is 0 Å². The summed E-state index contributed by atoms with van der Waals surface area (Å²) in [5.41, 5.74) is 5.69. The van der Waals surface area contributed by atoms with Crippen LogP contribution in [0.5, 0.6) is 0 Å². The number of nitrogens with one attached hydrogen (secondary N) is 1. The second-order valence-corrected chi connectivity index (χ2v) is 3.96. The Morgan fingerprint density at radius 2 is 1.88 bits per heavy atom. The van der Waals surface area contributed by atoms with Gasteiger partial charge in [0.2, 0.25) is 0 Å². The molecule has 0 radical (unpaired) electrons. The minimum Gasteiger partial charge on any atom is -0.360 e. The van der Waals surface area contributed by atoms with Crippen LogP contribution in [0.1, 0.15) is 5.56 Å². The number of nitrogens with zero attached hydrogens (tertiary/aromatic N) is 1. The summed E-state index contributed by atoms with van der Waals surface area (Å²) >= 11 is 0. The second-order valence-electron chi connectivity index (χ2n) is 3.96. The van der Waals surface area contributed by atoms with E-state index in [2.05, 4.69) is 35.1 Å². The van der Waals surface area contributed by atoms with Crippen LogP contribution in [-0.2, 0) is 0 Å². The van der Waals surface area contributed by atoms with Crippen LogP contribution in [0, 0.1) is 6.92 Å². The standard InChI is InChI=1S/C14H12N2/c1-10-8-15-13-7-12(9-16-14(10)13)11-5-3-2-4-6-11/h2-9,15H,1H3. The molecule has 0 aliphatic rings. The zero-order valence-corrected chi connectivity index (χ0v) is 9.07. The fourth-order valence-electron chi connectivity index (χ4n) is 1.93. The Hall–Kier alpha value is -2.09. The summed E-state index contributed by atoms with van der Waals surface area (Å²) in [6.07, 6.45) is 3.92. The molecule has 3 rings (SSSR count). The molecule has 2 heterocycles. The number of aromatic amines is 1. The van der Waals surface area contributed by atoms with E-state index in [9.17, 15) is 0 Å². The second kappa shape index (κ2) is 3.49. The maximum atomic E-state index is 4.49. The van der Waals surface area contributed by atoms with Crippen LogP contribution in [0.15, 0.2) is 48.8 Å². The minimum atomic E-state index is 1.06. The van der Waals surface area contributed by atoms with Crippen molar-refractivity contribution >= 4 is 11.0 Å². The van der Waals surface area contributed by atoms with Gasteiger partial charge in [-0.1, -0.05) is 30.3 Å². The number of hydrogen-bond donors (Lipinski definition) is 1. The van der Waals surface area contributed by atoms with Gasteiger partial charge in [0.05, 0.1) is 11.0 Å². The number of aryl methyl sites for hydroxylation is 1. The summed E-state index contributed by atoms with van der Waals surface area (Å²) in [7, 11) is 0. The van der Waals surface area contributed by atoms with Crippen molar-refractivity contribution in [3.8, 4) is 11.1 Å². The molecular weight excluding hydrogens is 196 g/mol. The summed E-state index contributed by atoms with van der Waals surface area (Å²) in [6, 6.07) is 12.4. The van der Waals surface area contributed by atoms with Crippen LogP contribution in [-0.4, -0.2) is 9.97 Å². The van der Waals surface area contributed by atoms with Gasteiger partial charge in [-0.15, -0.1) is 0 Å². The largest absolute Gasteiger partial charge is 0.360 e. The fraction of sp³-hybridized carbons (Fsp3) is 0.0714. The topological polar surface area (TPSA) is 28.7 Å². The smallest absolute Gasteiger partial charge is 0.0908 e. The lowest BCUT2D eigenvalue weighted by Gasteiger charge is -2.00. The van der Waals surface area contributed by atoms with Gasteiger partial charge in [0.15, 0.2) is 0 Å². The van der Waals surface area contributed by atoms with Crippen molar-refractivity contribution < 1.29 is 0 Å². The third-order valence-corrected chi connectivity index (χ3v) is 2.81. The highest BCUT2D eigenvalue weighted by molar-refractivity contribution is 5.83. The van der Waals surface area contributed by atoms with Crippen molar-refractivity contribution in [1.29, 1.82) is 0 Å². The summed E-state index contributed by atoms with van der Waals surface area (Å²) in [5, 5.41) is 0. The quantitative estimate of drug-likeness (QED) is 0.651. The zero-order chi connectivity index (χ0) is 11.0. The molecule has 0 saturated heterocycles. The Balaban J connectivity index is 2.19. The predicted octanol–water partition coefficient (Wildman–Crippen LogP) is 3.54. The van der Waals surface area contributed by atoms with Crippen molar-refractivity contribution in [2.24, 2.45) is 0 Å². The first-order chi connectivity index (χ1) is 7.84. The van der Waals surface area contributed by atoms with Crippen molar-refractivity contribution in [2.75, 3.05) is 0 Å². The average Bonchev–Trinajstić information content (AvgIpc) is 2.72. The summed E-state index contributed by atoms with van der Waals surface area (Å²) in [5.74, 6) is 0. The molecule has 78 valence electrons. The van der Waals surface area contributed by atoms with Crippen LogP contribution in [0.2, 0.25) is 0 Å². The van der Waals surface area contributed by atoms with Gasteiger partial charge in [0.1, 0.15) is 0 Å². The maximum Gasteiger partial charge on any atom is 0.0908 e. The summed E-state index contributed by atoms with van der Waals surface area (Å²) < 4.78 is 0. The highest BCUT2D eigenvalue weighted by Crippen LogP contribution is 2.23. The highest BCUT2D eigenvalue weighted by Gasteiger charge is 2.03. The molecule has 0 spiro atoms. The molecule has 2 aromatic heterocycles. The SMILES string of the molecule is Cc1c[nH]c2cc(-c3ccccc3)cnc12. The van der Waals surface area contributed by atoms with Gasteiger partial charge in [-0.05, 0) is 24.1 Å². The Kier molecular flexibility index (Phi) is 2.00. The van der Waals surface area contributed by atoms with Gasteiger partial charge < -0.3 is 4.98 Å². The molecule has 0 unspecified atom stereocenters. The van der Waals surface area contributed by atoms with Crippen molar-refractivity contribution in [3.05, 3.63) is 54.4 Å². The molecule has 0 atom stereocenters. The number of pyridine rings is 1. The van der Waals surface area contributed by atoms with E-state index in [1.807, 2.05) is 30.6 Å². The zero-order valence-electron chi connectivity index (χ0n) is 9.07. The van der Waals surface area contributed by atoms with E-state index in [0.717, 1.165) is 16.6 Å². The third kappa shape index (κ3) is 1.39. The van der Waals surface area contributed by atoms with E-state index in [0.29, 0.717) is 0 Å². The van der Waals surface area contributed by atoms with Crippen LogP contribution < -0.4 is 0 Å². The molecule has 3 aromatic rings. The Labute approximate surface area is 94.0 Å². The molecule has 0 aliphatic heterocycles. The first-order valence-electron chi connectivity index (χ1n) is 5.34. The third-order valence-electron chi connectivity index (χ3n) is 2.81. The Morgan fingerprint density at radius 1 is 1.06 bits per heavy atom. The van der Waals surface area contributed by atoms with Gasteiger partial charge in [-0.2, -0.15) is 0 Å². The molecule has 0 bridgehead atoms. The number of H-pyrrole nitrogens is 1. The average molecular weight is 208 g/mol. The monoisotopic (exact) mass is 208 g/mol. The highest BCUT2D eigenvalue weighted by atomic mass is 14.8. The number of benzene rings is 1. The fourth-order valence-corrected chi connectivity index (χ4v) is 1.93. The minimum absolute atomic E-state index is 1.06. The Morgan fingerprint density at radius 3 is 2.69 bits per heavy atom. The summed E-state index contributed by atoms with van der Waals surface area (Å²) in [4.78, 5) is 7.72. The normalized spacial score (nSPS) is 10.8. The molecule has 16 heavy (non-hydrogen) atoms. The first-order valence-corrected chi connectivity index (χ1v) is 5.34. The molecule has 2 nitrogen and oxygen atoms in total. The van der Waals surface area contributed by atoms with Crippen LogP contribution in [0.3, 0.4) is 0 Å². The van der Waals surface area contributed by atoms with Gasteiger partial charge >= 0.3 is 0 Å². The summed E-state index contributed by atoms with van der Waals surface area (Å²) in [6.45, 7) is 2.06. The van der Waals surface area contributed by atoms with Crippen molar-refractivity contribution in [1.82, 2.24) is 9.97 Å². The maximum absolute atomic E-state index is 4.49. The first kappa shape index (κ1) is 9.16. The van der Waals surface area contributed by atoms with E-state index in [4.69, 9.17) is 0 Å². The molecule has 1 N–H and O–H groups in total. The molecular formula is C14H12N2. The molecule has 0 amide bonds. The number of fused-ring (bicyclic) bond motifs is 1. The van der Waals surface area contributed by atoms with Gasteiger partial charge in [-0.25, -0.2) is 0 Å². The van der Waals surface area contributed by atoms with Crippen LogP contribution in [0.25, 0.3) is 22.2 Å². The lowest BCUT2D eigenvalue weighted by atomic mass is 10.1. The van der Waals surface area contributed by atoms with E-state index < -0.39 is 0 Å². The van der Waals surface area contributed by atoms with E-state index in [1.165, 1.54) is 11.1 Å². The van der Waals surface area contributed by atoms with Crippen molar-refractivity contribution in [2.45, 2.75) is 6.92 Å². The molecule has 0 fully saturated rings. The van der Waals surface area contributed by atoms with Gasteiger partial charge in [-0.3, -0.25) is 4.98 Å². The lowest BCUT2D eigenvalue weighted by Crippen LogP contribution is -1.81. The van der Waals surface area contributed by atoms with Crippen LogP contribution >= 0.6 is 0 Å². The number of hydrogen-bond acceptors (Lipinski definition) is 1. The molecule has 1 aromatic carbocycles. The van der Waals surface area contributed by atoms with Crippen molar-refractivity contribution in [3.63, 3.8) is 0 Å². The molecule has 0 saturated carbocycles. The number of aromatic nitrogens is 2. The van der Waals surface area contributed by atoms with E-state index in [-0.39, 0.29) is 0 Å². The number of rotatable bonds is 1. The lowest BCUT2D eigenvalue weighted by molar-refractivity contribution is 1.39. The van der Waals surface area contributed by atoms with Crippen LogP contribution in [0.4, 0.5) is 0 Å². The van der Waals surface area contributed by atoms with E-state index in [1.54, 1.807) is 0 Å². The predicted molar refractivity (Wildman–Crippen MR) is 66.3 cm³/mol. The van der Waals surface area contributed by atoms with Gasteiger partial charge in [0.25, 0.3) is 0 Å².